The maximum Gasteiger partial charge on any atom is 0.319 e. The Kier molecular flexibility index (Phi) is 4.78. The van der Waals surface area contributed by atoms with Crippen molar-refractivity contribution in [1.82, 2.24) is 14.7 Å². The number of amides is 3. The molecule has 0 radical (unpaired) electrons. The number of carbonyl (C=O) groups excluding carboxylic acids is 2. The fraction of sp³-hybridized carbons (Fsp3) is 0.889. The molecule has 136 valence electrons. The lowest BCUT2D eigenvalue weighted by Crippen LogP contribution is -2.56. The van der Waals surface area contributed by atoms with Crippen molar-refractivity contribution >= 4 is 11.9 Å². The molecule has 3 saturated heterocycles. The lowest BCUT2D eigenvalue weighted by atomic mass is 9.84. The molecule has 3 aliphatic heterocycles. The first kappa shape index (κ1) is 17.5. The van der Waals surface area contributed by atoms with Crippen LogP contribution in [0.1, 0.15) is 52.4 Å². The molecule has 0 aliphatic carbocycles. The van der Waals surface area contributed by atoms with E-state index < -0.39 is 6.04 Å². The van der Waals surface area contributed by atoms with E-state index in [1.165, 1.54) is 0 Å². The highest BCUT2D eigenvalue weighted by atomic mass is 16.2. The summed E-state index contributed by atoms with van der Waals surface area (Å²) in [5.41, 5.74) is 6.42. The fourth-order valence-corrected chi connectivity index (χ4v) is 5.06. The molecule has 3 heterocycles. The third-order valence-corrected chi connectivity index (χ3v) is 6.37. The Morgan fingerprint density at radius 2 is 1.46 bits per heavy atom. The van der Waals surface area contributed by atoms with Gasteiger partial charge in [0.05, 0.1) is 6.04 Å². The van der Waals surface area contributed by atoms with Gasteiger partial charge in [0, 0.05) is 38.3 Å². The van der Waals surface area contributed by atoms with Crippen LogP contribution in [0, 0.1) is 5.92 Å². The first-order valence-electron chi connectivity index (χ1n) is 9.38. The summed E-state index contributed by atoms with van der Waals surface area (Å²) in [6.07, 6.45) is 5.94. The summed E-state index contributed by atoms with van der Waals surface area (Å²) in [6, 6.07) is 0.763. The number of nitrogens with zero attached hydrogens (tertiary/aromatic N) is 3. The van der Waals surface area contributed by atoms with Gasteiger partial charge in [0.2, 0.25) is 5.91 Å². The Labute approximate surface area is 145 Å². The molecule has 3 rings (SSSR count). The molecule has 6 heteroatoms. The molecule has 0 aromatic heterocycles. The van der Waals surface area contributed by atoms with Crippen LogP contribution < -0.4 is 5.73 Å². The van der Waals surface area contributed by atoms with Crippen molar-refractivity contribution in [3.05, 3.63) is 0 Å². The van der Waals surface area contributed by atoms with Crippen molar-refractivity contribution < 1.29 is 9.59 Å². The molecule has 24 heavy (non-hydrogen) atoms. The quantitative estimate of drug-likeness (QED) is 0.833. The van der Waals surface area contributed by atoms with E-state index >= 15 is 0 Å². The largest absolute Gasteiger partial charge is 0.336 e. The number of hydrogen-bond donors (Lipinski definition) is 1. The monoisotopic (exact) mass is 336 g/mol. The van der Waals surface area contributed by atoms with Gasteiger partial charge < -0.3 is 20.4 Å². The van der Waals surface area contributed by atoms with Crippen molar-refractivity contribution in [3.63, 3.8) is 0 Å². The average molecular weight is 336 g/mol. The van der Waals surface area contributed by atoms with Gasteiger partial charge in [-0.1, -0.05) is 0 Å². The molecule has 5 atom stereocenters. The van der Waals surface area contributed by atoms with Crippen LogP contribution in [0.25, 0.3) is 0 Å². The summed E-state index contributed by atoms with van der Waals surface area (Å²) >= 11 is 0. The van der Waals surface area contributed by atoms with Gasteiger partial charge in [-0.3, -0.25) is 4.79 Å². The normalized spacial score (nSPS) is 36.8. The van der Waals surface area contributed by atoms with E-state index in [9.17, 15) is 9.59 Å². The van der Waals surface area contributed by atoms with Crippen LogP contribution in [0.2, 0.25) is 0 Å². The number of fused-ring (bicyclic) bond motifs is 2. The molecular weight excluding hydrogens is 304 g/mol. The van der Waals surface area contributed by atoms with Crippen LogP contribution >= 0.6 is 0 Å². The molecule has 0 aromatic carbocycles. The Morgan fingerprint density at radius 1 is 0.958 bits per heavy atom. The number of urea groups is 1. The molecule has 3 aliphatic rings. The Bertz CT molecular complexity index is 485. The van der Waals surface area contributed by atoms with Crippen LogP contribution in [0.15, 0.2) is 0 Å². The molecule has 6 nitrogen and oxygen atoms in total. The van der Waals surface area contributed by atoms with E-state index in [-0.39, 0.29) is 29.9 Å². The van der Waals surface area contributed by atoms with Gasteiger partial charge in [0.25, 0.3) is 0 Å². The number of nitrogens with two attached hydrogens (primary N) is 1. The number of hydrogen-bond acceptors (Lipinski definition) is 3. The minimum atomic E-state index is -0.423. The average Bonchev–Trinajstić information content (AvgIpc) is 3.00. The van der Waals surface area contributed by atoms with E-state index in [4.69, 9.17) is 5.73 Å². The number of likely N-dealkylation sites (tertiary alicyclic amines) is 1. The van der Waals surface area contributed by atoms with Crippen LogP contribution in [-0.4, -0.2) is 70.9 Å². The number of rotatable bonds is 2. The molecular formula is C18H32N4O2. The lowest BCUT2D eigenvalue weighted by Gasteiger charge is -2.42. The molecule has 0 spiro atoms. The minimum Gasteiger partial charge on any atom is -0.336 e. The van der Waals surface area contributed by atoms with Gasteiger partial charge >= 0.3 is 6.03 Å². The highest BCUT2D eigenvalue weighted by Crippen LogP contribution is 2.40. The van der Waals surface area contributed by atoms with E-state index in [1.807, 2.05) is 9.80 Å². The zero-order chi connectivity index (χ0) is 17.6. The molecule has 0 saturated carbocycles. The highest BCUT2D eigenvalue weighted by Gasteiger charge is 2.47. The van der Waals surface area contributed by atoms with Crippen LogP contribution in [0.4, 0.5) is 4.79 Å². The maximum atomic E-state index is 12.9. The molecule has 3 fully saturated rings. The van der Waals surface area contributed by atoms with Crippen LogP contribution in [-0.2, 0) is 4.79 Å². The van der Waals surface area contributed by atoms with Crippen molar-refractivity contribution in [2.45, 2.75) is 82.6 Å². The van der Waals surface area contributed by atoms with Crippen molar-refractivity contribution in [2.24, 2.45) is 11.7 Å². The predicted molar refractivity (Wildman–Crippen MR) is 93.4 cm³/mol. The fourth-order valence-electron chi connectivity index (χ4n) is 5.06. The molecule has 2 bridgehead atoms. The van der Waals surface area contributed by atoms with Crippen molar-refractivity contribution in [3.8, 4) is 0 Å². The Morgan fingerprint density at radius 3 is 1.92 bits per heavy atom. The smallest absolute Gasteiger partial charge is 0.319 e. The second-order valence-electron chi connectivity index (χ2n) is 8.25. The SMILES string of the molecule is CC1CCC(C)N1C(=O)C(N)C1CC2CCC(C1)N2C(=O)N(C)C. The van der Waals surface area contributed by atoms with E-state index in [0.29, 0.717) is 12.1 Å². The molecule has 5 unspecified atom stereocenters. The van der Waals surface area contributed by atoms with Gasteiger partial charge in [0.15, 0.2) is 0 Å². The molecule has 3 amide bonds. The Hall–Kier alpha value is -1.30. The van der Waals surface area contributed by atoms with E-state index in [0.717, 1.165) is 38.5 Å². The van der Waals surface area contributed by atoms with E-state index in [1.54, 1.807) is 19.0 Å². The third kappa shape index (κ3) is 2.89. The van der Waals surface area contributed by atoms with E-state index in [2.05, 4.69) is 13.8 Å². The van der Waals surface area contributed by atoms with Crippen molar-refractivity contribution in [2.75, 3.05) is 14.1 Å². The summed E-state index contributed by atoms with van der Waals surface area (Å²) < 4.78 is 0. The first-order chi connectivity index (χ1) is 11.3. The summed E-state index contributed by atoms with van der Waals surface area (Å²) in [7, 11) is 3.61. The van der Waals surface area contributed by atoms with Gasteiger partial charge in [0.1, 0.15) is 0 Å². The minimum absolute atomic E-state index is 0.0997. The zero-order valence-electron chi connectivity index (χ0n) is 15.4. The maximum absolute atomic E-state index is 12.9. The summed E-state index contributed by atoms with van der Waals surface area (Å²) in [4.78, 5) is 31.0. The first-order valence-corrected chi connectivity index (χ1v) is 9.38. The topological polar surface area (TPSA) is 69.9 Å². The Balaban J connectivity index is 1.67. The summed E-state index contributed by atoms with van der Waals surface area (Å²) in [6.45, 7) is 4.24. The van der Waals surface area contributed by atoms with Crippen LogP contribution in [0.5, 0.6) is 0 Å². The lowest BCUT2D eigenvalue weighted by molar-refractivity contribution is -0.136. The second kappa shape index (κ2) is 6.54. The highest BCUT2D eigenvalue weighted by molar-refractivity contribution is 5.83. The molecule has 2 N–H and O–H groups in total. The van der Waals surface area contributed by atoms with Gasteiger partial charge in [-0.25, -0.2) is 4.79 Å². The predicted octanol–water partition coefficient (Wildman–Crippen LogP) is 1.64. The standard InChI is InChI=1S/C18H32N4O2/c1-11-5-6-12(2)21(11)17(23)16(19)13-9-14-7-8-15(10-13)22(14)18(24)20(3)4/h11-16H,5-10,19H2,1-4H3. The molecule has 0 aromatic rings. The van der Waals surface area contributed by atoms with Gasteiger partial charge in [-0.05, 0) is 58.3 Å². The second-order valence-corrected chi connectivity index (χ2v) is 8.25. The number of piperidine rings is 1. The van der Waals surface area contributed by atoms with Crippen molar-refractivity contribution in [1.29, 1.82) is 0 Å². The van der Waals surface area contributed by atoms with Gasteiger partial charge in [-0.15, -0.1) is 0 Å². The van der Waals surface area contributed by atoms with Gasteiger partial charge in [-0.2, -0.15) is 0 Å². The third-order valence-electron chi connectivity index (χ3n) is 6.37. The van der Waals surface area contributed by atoms with Crippen LogP contribution in [0.3, 0.4) is 0 Å². The summed E-state index contributed by atoms with van der Waals surface area (Å²) in [5, 5.41) is 0. The number of carbonyl (C=O) groups is 2. The summed E-state index contributed by atoms with van der Waals surface area (Å²) in [5.74, 6) is 0.311. The zero-order valence-corrected chi connectivity index (χ0v) is 15.4.